The molecule has 2 rings (SSSR count). The molecular weight excluding hydrogens is 274 g/mol. The number of nitrogens with zero attached hydrogens (tertiary/aromatic N) is 4. The molecule has 1 aromatic heterocycles. The molecule has 0 aliphatic carbocycles. The molecule has 3 N–H and O–H groups in total. The van der Waals surface area contributed by atoms with Crippen LogP contribution in [0.25, 0.3) is 10.4 Å². The number of rotatable bonds is 5. The molecule has 0 radical (unpaired) electrons. The molecule has 20 heavy (non-hydrogen) atoms. The van der Waals surface area contributed by atoms with Gasteiger partial charge in [0.1, 0.15) is 0 Å². The predicted octanol–water partition coefficient (Wildman–Crippen LogP) is 2.88. The maximum atomic E-state index is 8.50. The number of benzene rings is 1. The van der Waals surface area contributed by atoms with E-state index in [1.54, 1.807) is 18.5 Å². The number of thiocarbonyl (C=S) groups is 1. The van der Waals surface area contributed by atoms with E-state index in [0.717, 1.165) is 5.56 Å². The highest BCUT2D eigenvalue weighted by atomic mass is 32.1. The fraction of sp³-hybridized carbons (Fsp3) is 0.167. The molecule has 0 aliphatic heterocycles. The van der Waals surface area contributed by atoms with Crippen molar-refractivity contribution in [3.8, 4) is 0 Å². The van der Waals surface area contributed by atoms with Crippen molar-refractivity contribution in [3.63, 3.8) is 0 Å². The second-order valence-corrected chi connectivity index (χ2v) is 4.30. The molecular formula is C12H13N7S. The van der Waals surface area contributed by atoms with Crippen molar-refractivity contribution in [3.05, 3.63) is 52.7 Å². The molecule has 0 amide bonds. The van der Waals surface area contributed by atoms with Crippen molar-refractivity contribution in [2.24, 2.45) is 5.11 Å². The highest BCUT2D eigenvalue weighted by molar-refractivity contribution is 7.80. The Morgan fingerprint density at radius 1 is 1.45 bits per heavy atom. The zero-order valence-electron chi connectivity index (χ0n) is 10.6. The van der Waals surface area contributed by atoms with Crippen LogP contribution in [0, 0.1) is 0 Å². The number of azide groups is 1. The molecule has 1 heterocycles. The van der Waals surface area contributed by atoms with Crippen LogP contribution in [0.1, 0.15) is 5.56 Å². The third kappa shape index (κ3) is 3.98. The highest BCUT2D eigenvalue weighted by Crippen LogP contribution is 2.18. The first-order valence-electron chi connectivity index (χ1n) is 5.97. The third-order valence-electron chi connectivity index (χ3n) is 2.55. The molecule has 0 fully saturated rings. The van der Waals surface area contributed by atoms with E-state index < -0.39 is 0 Å². The van der Waals surface area contributed by atoms with Gasteiger partial charge >= 0.3 is 0 Å². The molecule has 0 saturated heterocycles. The Hall–Kier alpha value is -2.57. The van der Waals surface area contributed by atoms with E-state index in [-0.39, 0.29) is 0 Å². The Labute approximate surface area is 121 Å². The van der Waals surface area contributed by atoms with E-state index in [9.17, 15) is 0 Å². The zero-order valence-corrected chi connectivity index (χ0v) is 11.4. The molecule has 102 valence electrons. The van der Waals surface area contributed by atoms with E-state index in [2.05, 4.69) is 30.6 Å². The molecule has 0 saturated carbocycles. The van der Waals surface area contributed by atoms with Crippen molar-refractivity contribution >= 4 is 29.0 Å². The summed E-state index contributed by atoms with van der Waals surface area (Å²) in [6, 6.07) is 7.46. The van der Waals surface area contributed by atoms with Gasteiger partial charge in [0, 0.05) is 29.5 Å². The largest absolute Gasteiger partial charge is 0.362 e. The number of anilines is 1. The van der Waals surface area contributed by atoms with Crippen LogP contribution in [0.3, 0.4) is 0 Å². The molecule has 0 atom stereocenters. The van der Waals surface area contributed by atoms with E-state index >= 15 is 0 Å². The highest BCUT2D eigenvalue weighted by Gasteiger charge is 2.01. The fourth-order valence-electron chi connectivity index (χ4n) is 1.66. The summed E-state index contributed by atoms with van der Waals surface area (Å²) in [5.41, 5.74) is 10.1. The van der Waals surface area contributed by atoms with E-state index in [1.807, 2.05) is 18.2 Å². The van der Waals surface area contributed by atoms with Crippen molar-refractivity contribution in [2.75, 3.05) is 11.9 Å². The van der Waals surface area contributed by atoms with Gasteiger partial charge in [-0.15, -0.1) is 0 Å². The van der Waals surface area contributed by atoms with Gasteiger partial charge in [0.2, 0.25) is 5.95 Å². The van der Waals surface area contributed by atoms with Gasteiger partial charge in [0.25, 0.3) is 0 Å². The summed E-state index contributed by atoms with van der Waals surface area (Å²) in [5.74, 6) is 0.594. The van der Waals surface area contributed by atoms with Gasteiger partial charge in [-0.05, 0) is 29.7 Å². The quantitative estimate of drug-likeness (QED) is 0.340. The molecule has 0 bridgehead atoms. The van der Waals surface area contributed by atoms with Crippen LogP contribution in [0.15, 0.2) is 41.8 Å². The van der Waals surface area contributed by atoms with E-state index in [0.29, 0.717) is 29.7 Å². The van der Waals surface area contributed by atoms with Crippen molar-refractivity contribution in [2.45, 2.75) is 6.42 Å². The van der Waals surface area contributed by atoms with E-state index in [1.165, 1.54) is 0 Å². The maximum Gasteiger partial charge on any atom is 0.206 e. The van der Waals surface area contributed by atoms with Crippen molar-refractivity contribution < 1.29 is 0 Å². The molecule has 7 nitrogen and oxygen atoms in total. The molecule has 0 spiro atoms. The first-order valence-corrected chi connectivity index (χ1v) is 6.37. The second kappa shape index (κ2) is 7.13. The Bertz CT molecular complexity index is 616. The molecule has 1 aromatic carbocycles. The Balaban J connectivity index is 1.84. The summed E-state index contributed by atoms with van der Waals surface area (Å²) < 4.78 is 0. The lowest BCUT2D eigenvalue weighted by Crippen LogP contribution is -2.30. The summed E-state index contributed by atoms with van der Waals surface area (Å²) >= 11 is 5.14. The Kier molecular flexibility index (Phi) is 4.94. The average Bonchev–Trinajstić information content (AvgIpc) is 2.94. The van der Waals surface area contributed by atoms with Crippen molar-refractivity contribution in [1.82, 2.24) is 15.3 Å². The van der Waals surface area contributed by atoms with Gasteiger partial charge in [-0.1, -0.05) is 29.4 Å². The molecule has 0 aliphatic rings. The van der Waals surface area contributed by atoms with Crippen molar-refractivity contribution in [1.29, 1.82) is 0 Å². The minimum Gasteiger partial charge on any atom is -0.362 e. The average molecular weight is 287 g/mol. The summed E-state index contributed by atoms with van der Waals surface area (Å²) in [5, 5.41) is 10.1. The fourth-order valence-corrected chi connectivity index (χ4v) is 1.86. The van der Waals surface area contributed by atoms with Gasteiger partial charge in [0.05, 0.1) is 0 Å². The van der Waals surface area contributed by atoms with Gasteiger partial charge < -0.3 is 15.6 Å². The Morgan fingerprint density at radius 3 is 3.05 bits per heavy atom. The minimum atomic E-state index is 0.487. The first kappa shape index (κ1) is 13.9. The smallest absolute Gasteiger partial charge is 0.206 e. The van der Waals surface area contributed by atoms with Crippen LogP contribution in [0.2, 0.25) is 0 Å². The minimum absolute atomic E-state index is 0.487. The van der Waals surface area contributed by atoms with Crippen LogP contribution < -0.4 is 10.6 Å². The molecule has 8 heteroatoms. The monoisotopic (exact) mass is 287 g/mol. The number of hydrogen-bond donors (Lipinski definition) is 3. The van der Waals surface area contributed by atoms with Gasteiger partial charge in [-0.2, -0.15) is 0 Å². The molecule has 2 aromatic rings. The van der Waals surface area contributed by atoms with Crippen LogP contribution >= 0.6 is 12.2 Å². The number of nitrogens with one attached hydrogen (secondary N) is 3. The van der Waals surface area contributed by atoms with E-state index in [4.69, 9.17) is 17.7 Å². The van der Waals surface area contributed by atoms with Crippen LogP contribution in [-0.2, 0) is 6.42 Å². The number of hydrogen-bond acceptors (Lipinski definition) is 3. The maximum absolute atomic E-state index is 8.50. The van der Waals surface area contributed by atoms with Crippen LogP contribution in [0.5, 0.6) is 0 Å². The van der Waals surface area contributed by atoms with Gasteiger partial charge in [-0.3, -0.25) is 0 Å². The summed E-state index contributed by atoms with van der Waals surface area (Å²) in [7, 11) is 0. The topological polar surface area (TPSA) is 102 Å². The normalized spacial score (nSPS) is 9.60. The lowest BCUT2D eigenvalue weighted by atomic mass is 10.1. The lowest BCUT2D eigenvalue weighted by Gasteiger charge is -2.09. The molecule has 0 unspecified atom stereocenters. The third-order valence-corrected chi connectivity index (χ3v) is 2.80. The number of imidazole rings is 1. The zero-order chi connectivity index (χ0) is 14.2. The number of H-pyrrole nitrogens is 1. The summed E-state index contributed by atoms with van der Waals surface area (Å²) in [6.07, 6.45) is 4.05. The van der Waals surface area contributed by atoms with Crippen LogP contribution in [-0.4, -0.2) is 21.6 Å². The standard InChI is InChI=1S/C12H13N7S/c13-19-18-10-4-2-1-3-9(10)5-6-16-12(20)17-11-14-7-8-15-11/h1-4,7-8H,5-6H2,(H3,14,15,16,17,20). The SMILES string of the molecule is [N-]=[N+]=Nc1ccccc1CCNC(=S)Nc1ncc[nH]1. The first-order chi connectivity index (χ1) is 9.79. The predicted molar refractivity (Wildman–Crippen MR) is 81.8 cm³/mol. The number of aromatic nitrogens is 2. The Morgan fingerprint density at radius 2 is 2.30 bits per heavy atom. The van der Waals surface area contributed by atoms with Crippen LogP contribution in [0.4, 0.5) is 11.6 Å². The lowest BCUT2D eigenvalue weighted by molar-refractivity contribution is 0.872. The second-order valence-electron chi connectivity index (χ2n) is 3.89. The number of aromatic amines is 1. The summed E-state index contributed by atoms with van der Waals surface area (Å²) in [4.78, 5) is 9.72. The van der Waals surface area contributed by atoms with Gasteiger partial charge in [-0.25, -0.2) is 4.98 Å². The summed E-state index contributed by atoms with van der Waals surface area (Å²) in [6.45, 7) is 0.629. The van der Waals surface area contributed by atoms with Gasteiger partial charge in [0.15, 0.2) is 5.11 Å².